The van der Waals surface area contributed by atoms with E-state index in [-0.39, 0.29) is 23.7 Å². The minimum absolute atomic E-state index is 0.177. The number of aromatic amines is 1. The molecule has 1 fully saturated rings. The zero-order valence-electron chi connectivity index (χ0n) is 17.3. The molecule has 0 bridgehead atoms. The van der Waals surface area contributed by atoms with Gasteiger partial charge in [-0.15, -0.1) is 0 Å². The van der Waals surface area contributed by atoms with Gasteiger partial charge in [-0.1, -0.05) is 35.3 Å². The Morgan fingerprint density at radius 2 is 1.79 bits per heavy atom. The molecule has 170 valence electrons. The Bertz CT molecular complexity index is 1210. The highest BCUT2D eigenvalue weighted by Gasteiger charge is 2.27. The van der Waals surface area contributed by atoms with Gasteiger partial charge in [0, 0.05) is 22.2 Å². The number of halogens is 2. The number of hydrogen-bond donors (Lipinski definition) is 4. The van der Waals surface area contributed by atoms with Crippen molar-refractivity contribution in [3.05, 3.63) is 63.9 Å². The van der Waals surface area contributed by atoms with Crippen LogP contribution in [0.3, 0.4) is 0 Å². The number of carbonyl (C=O) groups excluding carboxylic acids is 3. The molecule has 3 aromatic rings. The number of rotatable bonds is 8. The molecule has 0 atom stereocenters. The molecule has 0 saturated heterocycles. The van der Waals surface area contributed by atoms with Crippen LogP contribution in [0, 0.1) is 0 Å². The zero-order valence-corrected chi connectivity index (χ0v) is 18.8. The molecule has 9 nitrogen and oxygen atoms in total. The Labute approximate surface area is 199 Å². The Morgan fingerprint density at radius 3 is 2.55 bits per heavy atom. The third kappa shape index (κ3) is 6.09. The second kappa shape index (κ2) is 10.0. The monoisotopic (exact) mass is 486 g/mol. The van der Waals surface area contributed by atoms with Crippen LogP contribution in [0.15, 0.2) is 42.5 Å². The second-order valence-corrected chi connectivity index (χ2v) is 8.37. The van der Waals surface area contributed by atoms with Crippen LogP contribution in [0.4, 0.5) is 5.69 Å². The van der Waals surface area contributed by atoms with Gasteiger partial charge < -0.3 is 16.0 Å². The average Bonchev–Trinajstić information content (AvgIpc) is 3.52. The first-order chi connectivity index (χ1) is 15.9. The van der Waals surface area contributed by atoms with E-state index >= 15 is 0 Å². The number of benzene rings is 2. The minimum Gasteiger partial charge on any atom is -0.345 e. The summed E-state index contributed by atoms with van der Waals surface area (Å²) >= 11 is 11.8. The average molecular weight is 487 g/mol. The molecule has 0 unspecified atom stereocenters. The van der Waals surface area contributed by atoms with Gasteiger partial charge >= 0.3 is 0 Å². The Hall–Kier alpha value is -3.43. The van der Waals surface area contributed by atoms with Gasteiger partial charge in [0.2, 0.25) is 11.8 Å². The molecule has 3 amide bonds. The smallest absolute Gasteiger partial charge is 0.253 e. The maximum atomic E-state index is 12.2. The van der Waals surface area contributed by atoms with E-state index in [0.29, 0.717) is 22.5 Å². The van der Waals surface area contributed by atoms with Gasteiger partial charge in [-0.05, 0) is 43.2 Å². The highest BCUT2D eigenvalue weighted by molar-refractivity contribution is 6.36. The highest BCUT2D eigenvalue weighted by Crippen LogP contribution is 2.38. The van der Waals surface area contributed by atoms with E-state index in [0.717, 1.165) is 24.2 Å². The van der Waals surface area contributed by atoms with Crippen LogP contribution in [-0.4, -0.2) is 46.0 Å². The summed E-state index contributed by atoms with van der Waals surface area (Å²) in [6.45, 7) is -0.568. The maximum Gasteiger partial charge on any atom is 0.253 e. The van der Waals surface area contributed by atoms with E-state index in [1.165, 1.54) is 18.2 Å². The summed E-state index contributed by atoms with van der Waals surface area (Å²) in [5.74, 6) is 0.452. The molecule has 2 aromatic carbocycles. The third-order valence-electron chi connectivity index (χ3n) is 4.90. The van der Waals surface area contributed by atoms with Crippen LogP contribution in [0.2, 0.25) is 10.0 Å². The number of carbonyl (C=O) groups is 3. The van der Waals surface area contributed by atoms with Crippen LogP contribution in [0.25, 0.3) is 11.4 Å². The summed E-state index contributed by atoms with van der Waals surface area (Å²) in [7, 11) is 0. The van der Waals surface area contributed by atoms with Crippen molar-refractivity contribution in [2.75, 3.05) is 18.4 Å². The molecule has 1 aromatic heterocycles. The van der Waals surface area contributed by atoms with E-state index in [2.05, 4.69) is 31.1 Å². The number of anilines is 1. The molecule has 33 heavy (non-hydrogen) atoms. The fourth-order valence-electron chi connectivity index (χ4n) is 3.05. The van der Waals surface area contributed by atoms with Crippen molar-refractivity contribution in [1.82, 2.24) is 25.8 Å². The lowest BCUT2D eigenvalue weighted by Gasteiger charge is -2.09. The molecule has 0 aliphatic heterocycles. The first kappa shape index (κ1) is 22.8. The van der Waals surface area contributed by atoms with Gasteiger partial charge in [0.1, 0.15) is 5.82 Å². The first-order valence-corrected chi connectivity index (χ1v) is 11.0. The van der Waals surface area contributed by atoms with Crippen molar-refractivity contribution in [2.45, 2.75) is 18.8 Å². The molecule has 1 aliphatic rings. The lowest BCUT2D eigenvalue weighted by molar-refractivity contribution is -0.123. The third-order valence-corrected chi connectivity index (χ3v) is 5.45. The van der Waals surface area contributed by atoms with Crippen LogP contribution in [-0.2, 0) is 9.59 Å². The molecule has 0 radical (unpaired) electrons. The van der Waals surface area contributed by atoms with Crippen molar-refractivity contribution >= 4 is 46.6 Å². The lowest BCUT2D eigenvalue weighted by Crippen LogP contribution is -2.40. The van der Waals surface area contributed by atoms with Crippen molar-refractivity contribution in [3.63, 3.8) is 0 Å². The van der Waals surface area contributed by atoms with E-state index < -0.39 is 17.7 Å². The predicted octanol–water partition coefficient (Wildman–Crippen LogP) is 3.14. The topological polar surface area (TPSA) is 129 Å². The maximum absolute atomic E-state index is 12.2. The van der Waals surface area contributed by atoms with Gasteiger partial charge in [-0.3, -0.25) is 19.5 Å². The Balaban J connectivity index is 1.24. The molecule has 1 saturated carbocycles. The highest BCUT2D eigenvalue weighted by atomic mass is 35.5. The van der Waals surface area contributed by atoms with Crippen molar-refractivity contribution in [1.29, 1.82) is 0 Å². The normalized spacial score (nSPS) is 12.8. The van der Waals surface area contributed by atoms with Crippen molar-refractivity contribution < 1.29 is 14.4 Å². The summed E-state index contributed by atoms with van der Waals surface area (Å²) in [6, 6.07) is 11.6. The van der Waals surface area contributed by atoms with Crippen LogP contribution in [0.5, 0.6) is 0 Å². The SMILES string of the molecule is O=C(CNC(=O)c1ccc(Cl)cc1Cl)NCC(=O)Nc1cccc(-c2n[nH]c(C3CC3)n2)c1. The number of nitrogens with one attached hydrogen (secondary N) is 4. The van der Waals surface area contributed by atoms with E-state index in [1.807, 2.05) is 6.07 Å². The second-order valence-electron chi connectivity index (χ2n) is 7.53. The van der Waals surface area contributed by atoms with E-state index in [9.17, 15) is 14.4 Å². The van der Waals surface area contributed by atoms with Gasteiger partial charge in [0.05, 0.1) is 23.7 Å². The fraction of sp³-hybridized carbons (Fsp3) is 0.227. The van der Waals surface area contributed by atoms with E-state index in [4.69, 9.17) is 23.2 Å². The summed E-state index contributed by atoms with van der Waals surface area (Å²) in [4.78, 5) is 40.9. The fourth-order valence-corrected chi connectivity index (χ4v) is 3.55. The number of H-pyrrole nitrogens is 1. The summed E-state index contributed by atoms with van der Waals surface area (Å²) in [5, 5.41) is 15.4. The number of amides is 3. The largest absolute Gasteiger partial charge is 0.345 e. The van der Waals surface area contributed by atoms with Gasteiger partial charge in [-0.25, -0.2) is 4.98 Å². The van der Waals surface area contributed by atoms with Gasteiger partial charge in [0.15, 0.2) is 5.82 Å². The molecule has 1 aliphatic carbocycles. The molecule has 0 spiro atoms. The van der Waals surface area contributed by atoms with Gasteiger partial charge in [0.25, 0.3) is 5.91 Å². The quantitative estimate of drug-likeness (QED) is 0.388. The minimum atomic E-state index is -0.523. The molecule has 4 rings (SSSR count). The van der Waals surface area contributed by atoms with Crippen molar-refractivity contribution in [3.8, 4) is 11.4 Å². The van der Waals surface area contributed by atoms with Crippen LogP contribution < -0.4 is 16.0 Å². The molecule has 1 heterocycles. The molecule has 11 heteroatoms. The Kier molecular flexibility index (Phi) is 6.90. The first-order valence-electron chi connectivity index (χ1n) is 10.2. The summed E-state index contributed by atoms with van der Waals surface area (Å²) < 4.78 is 0. The van der Waals surface area contributed by atoms with Crippen LogP contribution in [0.1, 0.15) is 34.9 Å². The summed E-state index contributed by atoms with van der Waals surface area (Å²) in [6.07, 6.45) is 2.24. The predicted molar refractivity (Wildman–Crippen MR) is 124 cm³/mol. The summed E-state index contributed by atoms with van der Waals surface area (Å²) in [5.41, 5.74) is 1.51. The zero-order chi connectivity index (χ0) is 23.4. The van der Waals surface area contributed by atoms with Crippen molar-refractivity contribution in [2.24, 2.45) is 0 Å². The van der Waals surface area contributed by atoms with E-state index in [1.54, 1.807) is 18.2 Å². The molecular formula is C22H20Cl2N6O3. The molecule has 4 N–H and O–H groups in total. The lowest BCUT2D eigenvalue weighted by atomic mass is 10.2. The number of nitrogens with zero attached hydrogens (tertiary/aromatic N) is 2. The standard InChI is InChI=1S/C22H20Cl2N6O3/c23-14-6-7-16(17(24)9-14)22(33)26-10-18(31)25-11-19(32)27-15-3-1-2-13(8-15)21-28-20(29-30-21)12-4-5-12/h1-3,6-9,12H,4-5,10-11H2,(H,25,31)(H,26,33)(H,27,32)(H,28,29,30). The Morgan fingerprint density at radius 1 is 1.00 bits per heavy atom. The number of hydrogen-bond acceptors (Lipinski definition) is 5. The number of aromatic nitrogens is 3. The van der Waals surface area contributed by atoms with Crippen LogP contribution >= 0.6 is 23.2 Å². The molecular weight excluding hydrogens is 467 g/mol. The van der Waals surface area contributed by atoms with Gasteiger partial charge in [-0.2, -0.15) is 5.10 Å².